The Balaban J connectivity index is 1.34. The van der Waals surface area contributed by atoms with Crippen molar-refractivity contribution in [2.45, 2.75) is 102 Å². The minimum atomic E-state index is -1.08. The number of rotatable bonds is 4. The molecule has 1 aromatic carbocycles. The third-order valence-electron chi connectivity index (χ3n) is 9.52. The van der Waals surface area contributed by atoms with Gasteiger partial charge in [-0.25, -0.2) is 4.79 Å². The first-order valence-electron chi connectivity index (χ1n) is 13.6. The van der Waals surface area contributed by atoms with Crippen LogP contribution >= 0.6 is 0 Å². The van der Waals surface area contributed by atoms with E-state index in [1.165, 1.54) is 47.7 Å². The Bertz CT molecular complexity index is 1220. The van der Waals surface area contributed by atoms with Crippen LogP contribution in [-0.4, -0.2) is 43.2 Å². The molecule has 4 fully saturated rings. The summed E-state index contributed by atoms with van der Waals surface area (Å²) in [6, 6.07) is 8.18. The van der Waals surface area contributed by atoms with Crippen molar-refractivity contribution in [1.29, 1.82) is 0 Å². The molecule has 2 aliphatic carbocycles. The molecular weight excluding hydrogens is 442 g/mol. The molecule has 35 heavy (non-hydrogen) atoms. The Kier molecular flexibility index (Phi) is 5.86. The SMILES string of the molecule is CC1C[C@@H]2CC(N3[C@@H]4CCC[C@H]3CC(n3c(=O)c5ccccc5n(CC(=O)O)c3=O)C4)C[C@H](C1)C2. The molecule has 2 saturated carbocycles. The van der Waals surface area contributed by atoms with Crippen molar-refractivity contribution in [3.8, 4) is 0 Å². The molecule has 7 heteroatoms. The molecular formula is C28H37N3O4. The molecule has 2 aromatic rings. The Morgan fingerprint density at radius 2 is 1.54 bits per heavy atom. The van der Waals surface area contributed by atoms with E-state index in [0.29, 0.717) is 29.0 Å². The standard InChI is InChI=1S/C28H37N3O4/c1-17-9-18-11-19(10-17)13-22(12-18)30-20-5-4-6-21(30)15-23(14-20)31-27(34)24-7-2-3-8-25(24)29(28(31)35)16-26(32)33/h2-3,7-8,17-23H,4-6,9-16H2,1H3,(H,32,33)/t17?,18-,19+,20-,21+,22?,23?. The molecule has 3 unspecified atom stereocenters. The van der Waals surface area contributed by atoms with Crippen LogP contribution in [0.25, 0.3) is 10.9 Å². The van der Waals surface area contributed by atoms with Gasteiger partial charge in [0.2, 0.25) is 0 Å². The Hall–Kier alpha value is -2.41. The number of carbonyl (C=O) groups is 1. The average Bonchev–Trinajstić information content (AvgIpc) is 2.80. The Morgan fingerprint density at radius 1 is 0.886 bits per heavy atom. The summed E-state index contributed by atoms with van der Waals surface area (Å²) >= 11 is 0. The summed E-state index contributed by atoms with van der Waals surface area (Å²) in [6.07, 6.45) is 11.8. The van der Waals surface area contributed by atoms with Crippen molar-refractivity contribution in [2.75, 3.05) is 0 Å². The second kappa shape index (κ2) is 8.91. The van der Waals surface area contributed by atoms with E-state index in [4.69, 9.17) is 0 Å². The molecule has 0 amide bonds. The molecule has 188 valence electrons. The fraction of sp³-hybridized carbons (Fsp3) is 0.679. The number of carboxylic acid groups (broad SMARTS) is 1. The zero-order valence-electron chi connectivity index (χ0n) is 20.6. The molecule has 7 atom stereocenters. The quantitative estimate of drug-likeness (QED) is 0.716. The smallest absolute Gasteiger partial charge is 0.332 e. The number of piperidine rings is 2. The van der Waals surface area contributed by atoms with Crippen molar-refractivity contribution >= 4 is 16.9 Å². The van der Waals surface area contributed by atoms with Crippen LogP contribution in [0.1, 0.15) is 77.2 Å². The van der Waals surface area contributed by atoms with E-state index >= 15 is 0 Å². The number of aromatic nitrogens is 2. The van der Waals surface area contributed by atoms with Gasteiger partial charge in [0.15, 0.2) is 0 Å². The van der Waals surface area contributed by atoms with Crippen LogP contribution in [0.4, 0.5) is 0 Å². The first-order chi connectivity index (χ1) is 16.9. The van der Waals surface area contributed by atoms with Crippen LogP contribution in [0.5, 0.6) is 0 Å². The average molecular weight is 480 g/mol. The largest absolute Gasteiger partial charge is 0.480 e. The number of para-hydroxylation sites is 1. The minimum absolute atomic E-state index is 0.172. The molecule has 1 aromatic heterocycles. The summed E-state index contributed by atoms with van der Waals surface area (Å²) < 4.78 is 2.68. The number of carboxylic acids is 1. The topological polar surface area (TPSA) is 84.5 Å². The summed E-state index contributed by atoms with van der Waals surface area (Å²) in [7, 11) is 0. The van der Waals surface area contributed by atoms with E-state index in [2.05, 4.69) is 11.8 Å². The maximum Gasteiger partial charge on any atom is 0.332 e. The van der Waals surface area contributed by atoms with Gasteiger partial charge in [-0.05, 0) is 87.7 Å². The fourth-order valence-corrected chi connectivity index (χ4v) is 8.54. The molecule has 4 bridgehead atoms. The van der Waals surface area contributed by atoms with Crippen LogP contribution in [-0.2, 0) is 11.3 Å². The summed E-state index contributed by atoms with van der Waals surface area (Å²) in [5.74, 6) is 1.49. The van der Waals surface area contributed by atoms with Crippen LogP contribution in [0.15, 0.2) is 33.9 Å². The third kappa shape index (κ3) is 4.05. The zero-order chi connectivity index (χ0) is 24.3. The lowest BCUT2D eigenvalue weighted by molar-refractivity contribution is -0.137. The summed E-state index contributed by atoms with van der Waals surface area (Å²) in [6.45, 7) is 1.98. The van der Waals surface area contributed by atoms with Gasteiger partial charge < -0.3 is 5.11 Å². The summed E-state index contributed by atoms with van der Waals surface area (Å²) in [4.78, 5) is 41.5. The highest BCUT2D eigenvalue weighted by atomic mass is 16.4. The number of hydrogen-bond acceptors (Lipinski definition) is 4. The van der Waals surface area contributed by atoms with Gasteiger partial charge >= 0.3 is 11.7 Å². The molecule has 0 spiro atoms. The van der Waals surface area contributed by atoms with E-state index in [-0.39, 0.29) is 11.6 Å². The number of hydrogen-bond donors (Lipinski definition) is 1. The van der Waals surface area contributed by atoms with E-state index in [1.807, 2.05) is 0 Å². The summed E-state index contributed by atoms with van der Waals surface area (Å²) in [5.41, 5.74) is -0.347. The molecule has 2 aliphatic heterocycles. The predicted molar refractivity (Wildman–Crippen MR) is 135 cm³/mol. The number of aliphatic carboxylic acids is 1. The van der Waals surface area contributed by atoms with Crippen LogP contribution < -0.4 is 11.2 Å². The van der Waals surface area contributed by atoms with Crippen molar-refractivity contribution in [1.82, 2.24) is 14.0 Å². The molecule has 7 nitrogen and oxygen atoms in total. The molecule has 0 radical (unpaired) electrons. The van der Waals surface area contributed by atoms with Gasteiger partial charge in [0.05, 0.1) is 10.9 Å². The number of nitrogens with zero attached hydrogens (tertiary/aromatic N) is 3. The van der Waals surface area contributed by atoms with Crippen LogP contribution in [0.2, 0.25) is 0 Å². The molecule has 3 heterocycles. The van der Waals surface area contributed by atoms with Gasteiger partial charge in [0, 0.05) is 24.2 Å². The first kappa shape index (κ1) is 23.0. The lowest BCUT2D eigenvalue weighted by Crippen LogP contribution is -2.59. The highest BCUT2D eigenvalue weighted by molar-refractivity contribution is 5.79. The van der Waals surface area contributed by atoms with E-state index < -0.39 is 18.2 Å². The highest BCUT2D eigenvalue weighted by Crippen LogP contribution is 2.48. The monoisotopic (exact) mass is 479 g/mol. The maximum atomic E-state index is 13.6. The first-order valence-corrected chi connectivity index (χ1v) is 13.6. The van der Waals surface area contributed by atoms with Crippen LogP contribution in [0, 0.1) is 17.8 Å². The second-order valence-corrected chi connectivity index (χ2v) is 11.9. The molecule has 6 rings (SSSR count). The van der Waals surface area contributed by atoms with Gasteiger partial charge in [-0.1, -0.05) is 25.5 Å². The van der Waals surface area contributed by atoms with Gasteiger partial charge in [0.25, 0.3) is 5.56 Å². The number of fused-ring (bicyclic) bond motifs is 5. The van der Waals surface area contributed by atoms with Gasteiger partial charge in [0.1, 0.15) is 6.54 Å². The second-order valence-electron chi connectivity index (χ2n) is 11.9. The molecule has 4 aliphatic rings. The van der Waals surface area contributed by atoms with Crippen molar-refractivity contribution in [3.63, 3.8) is 0 Å². The van der Waals surface area contributed by atoms with E-state index in [1.54, 1.807) is 24.3 Å². The summed E-state index contributed by atoms with van der Waals surface area (Å²) in [5, 5.41) is 9.89. The fourth-order valence-electron chi connectivity index (χ4n) is 8.54. The van der Waals surface area contributed by atoms with Gasteiger partial charge in [-0.2, -0.15) is 0 Å². The predicted octanol–water partition coefficient (Wildman–Crippen LogP) is 4.02. The van der Waals surface area contributed by atoms with E-state index in [9.17, 15) is 19.5 Å². The lowest BCUT2D eigenvalue weighted by atomic mass is 9.65. The maximum absolute atomic E-state index is 13.6. The lowest BCUT2D eigenvalue weighted by Gasteiger charge is -2.55. The normalized spacial score (nSPS) is 35.2. The zero-order valence-corrected chi connectivity index (χ0v) is 20.6. The van der Waals surface area contributed by atoms with Gasteiger partial charge in [-0.3, -0.25) is 23.6 Å². The van der Waals surface area contributed by atoms with Gasteiger partial charge in [-0.15, -0.1) is 0 Å². The molecule has 2 saturated heterocycles. The minimum Gasteiger partial charge on any atom is -0.480 e. The van der Waals surface area contributed by atoms with Crippen LogP contribution in [0.3, 0.4) is 0 Å². The van der Waals surface area contributed by atoms with E-state index in [0.717, 1.165) is 43.4 Å². The van der Waals surface area contributed by atoms with Crippen molar-refractivity contribution in [2.24, 2.45) is 17.8 Å². The van der Waals surface area contributed by atoms with Crippen molar-refractivity contribution < 1.29 is 9.90 Å². The Morgan fingerprint density at radius 3 is 2.20 bits per heavy atom. The highest BCUT2D eigenvalue weighted by Gasteiger charge is 2.46. The Labute approximate surface area is 205 Å². The van der Waals surface area contributed by atoms with Crippen molar-refractivity contribution in [3.05, 3.63) is 45.1 Å². The number of benzene rings is 1. The third-order valence-corrected chi connectivity index (χ3v) is 9.52. The molecule has 1 N–H and O–H groups in total.